The van der Waals surface area contributed by atoms with Gasteiger partial charge < -0.3 is 19.7 Å². The molecule has 1 N–H and O–H groups in total. The Kier molecular flexibility index (Phi) is 7.73. The van der Waals surface area contributed by atoms with Crippen molar-refractivity contribution < 1.29 is 9.47 Å². The molecular weight excluding hydrogens is 374 g/mol. The maximum atomic E-state index is 5.68. The van der Waals surface area contributed by atoms with E-state index < -0.39 is 0 Å². The third-order valence-electron chi connectivity index (χ3n) is 6.54. The van der Waals surface area contributed by atoms with Gasteiger partial charge in [-0.2, -0.15) is 0 Å². The fraction of sp³-hybridized carbons (Fsp3) is 0.560. The summed E-state index contributed by atoms with van der Waals surface area (Å²) in [7, 11) is 0. The van der Waals surface area contributed by atoms with Crippen LogP contribution in [0.1, 0.15) is 36.8 Å². The van der Waals surface area contributed by atoms with E-state index in [2.05, 4.69) is 39.5 Å². The first-order valence-corrected chi connectivity index (χ1v) is 11.5. The van der Waals surface area contributed by atoms with E-state index in [0.717, 1.165) is 71.0 Å². The molecule has 0 saturated carbocycles. The minimum absolute atomic E-state index is 0.111. The molecule has 5 heteroatoms. The van der Waals surface area contributed by atoms with Gasteiger partial charge in [0, 0.05) is 51.1 Å². The number of nitrogens with zero attached hydrogens (tertiary/aromatic N) is 2. The minimum atomic E-state index is 0.111. The molecule has 1 aromatic heterocycles. The van der Waals surface area contributed by atoms with E-state index in [9.17, 15) is 0 Å². The maximum absolute atomic E-state index is 5.68. The van der Waals surface area contributed by atoms with Crippen molar-refractivity contribution in [2.45, 2.75) is 37.5 Å². The monoisotopic (exact) mass is 409 g/mol. The van der Waals surface area contributed by atoms with E-state index in [4.69, 9.17) is 9.47 Å². The number of benzene rings is 1. The Balaban J connectivity index is 1.34. The van der Waals surface area contributed by atoms with Crippen LogP contribution in [-0.4, -0.2) is 62.5 Å². The van der Waals surface area contributed by atoms with Crippen molar-refractivity contribution in [1.29, 1.82) is 0 Å². The van der Waals surface area contributed by atoms with Gasteiger partial charge in [-0.1, -0.05) is 30.3 Å². The number of aromatic nitrogens is 1. The Bertz CT molecular complexity index is 737. The zero-order chi connectivity index (χ0) is 20.5. The molecule has 0 spiro atoms. The van der Waals surface area contributed by atoms with E-state index in [1.807, 2.05) is 24.4 Å². The Morgan fingerprint density at radius 3 is 2.57 bits per heavy atom. The minimum Gasteiger partial charge on any atom is -0.381 e. The summed E-state index contributed by atoms with van der Waals surface area (Å²) in [5.41, 5.74) is 2.97. The summed E-state index contributed by atoms with van der Waals surface area (Å²) in [5.74, 6) is 0.943. The smallest absolute Gasteiger partial charge is 0.125 e. The van der Waals surface area contributed by atoms with Crippen LogP contribution in [0.15, 0.2) is 48.7 Å². The summed E-state index contributed by atoms with van der Waals surface area (Å²) in [5, 5.41) is 3.56. The number of anilines is 1. The Hall–Kier alpha value is -1.95. The highest BCUT2D eigenvalue weighted by molar-refractivity contribution is 5.37. The molecule has 3 heterocycles. The summed E-state index contributed by atoms with van der Waals surface area (Å²) in [6.07, 6.45) is 7.44. The number of nitrogens with one attached hydrogen (secondary N) is 1. The van der Waals surface area contributed by atoms with Crippen LogP contribution in [0.25, 0.3) is 0 Å². The van der Waals surface area contributed by atoms with Crippen molar-refractivity contribution >= 4 is 5.82 Å². The normalized spacial score (nSPS) is 19.9. The Morgan fingerprint density at radius 2 is 1.77 bits per heavy atom. The van der Waals surface area contributed by atoms with E-state index in [0.29, 0.717) is 0 Å². The van der Waals surface area contributed by atoms with Gasteiger partial charge in [-0.05, 0) is 61.9 Å². The number of aryl methyl sites for hydroxylation is 1. The zero-order valence-corrected chi connectivity index (χ0v) is 18.0. The van der Waals surface area contributed by atoms with Crippen molar-refractivity contribution in [3.05, 3.63) is 59.8 Å². The second-order valence-electron chi connectivity index (χ2n) is 8.57. The van der Waals surface area contributed by atoms with Gasteiger partial charge in [0.15, 0.2) is 0 Å². The number of pyridine rings is 1. The maximum Gasteiger partial charge on any atom is 0.125 e. The van der Waals surface area contributed by atoms with E-state index in [1.165, 1.54) is 30.6 Å². The molecule has 1 aromatic carbocycles. The molecule has 0 atom stereocenters. The van der Waals surface area contributed by atoms with Crippen LogP contribution in [0.4, 0.5) is 5.82 Å². The molecule has 162 valence electrons. The van der Waals surface area contributed by atoms with Crippen molar-refractivity contribution in [2.24, 2.45) is 0 Å². The van der Waals surface area contributed by atoms with Gasteiger partial charge in [0.1, 0.15) is 5.82 Å². The fourth-order valence-electron chi connectivity index (χ4n) is 4.61. The molecule has 2 aliphatic heterocycles. The topological polar surface area (TPSA) is 46.6 Å². The molecule has 5 nitrogen and oxygen atoms in total. The van der Waals surface area contributed by atoms with Crippen LogP contribution in [0.3, 0.4) is 0 Å². The van der Waals surface area contributed by atoms with Gasteiger partial charge in [0.25, 0.3) is 0 Å². The van der Waals surface area contributed by atoms with Gasteiger partial charge in [-0.15, -0.1) is 0 Å². The van der Waals surface area contributed by atoms with Crippen molar-refractivity contribution in [2.75, 3.05) is 57.9 Å². The number of ether oxygens (including phenoxy) is 2. The average molecular weight is 410 g/mol. The van der Waals surface area contributed by atoms with Crippen LogP contribution in [-0.2, 0) is 21.3 Å². The summed E-state index contributed by atoms with van der Waals surface area (Å²) in [6, 6.07) is 15.4. The van der Waals surface area contributed by atoms with Gasteiger partial charge in [-0.25, -0.2) is 4.98 Å². The molecular formula is C25H35N3O2. The van der Waals surface area contributed by atoms with E-state index in [-0.39, 0.29) is 5.41 Å². The standard InChI is InChI=1S/C25H35N3O2/c1-2-13-26-24(6-1)27-21-25(11-18-30-19-12-25)23-9-7-22(8-10-23)5-3-14-28-15-4-17-29-20-16-28/h1-2,6-10,13H,3-5,11-12,14-21H2,(H,26,27). The van der Waals surface area contributed by atoms with Crippen LogP contribution in [0.5, 0.6) is 0 Å². The third-order valence-corrected chi connectivity index (χ3v) is 6.54. The van der Waals surface area contributed by atoms with Crippen LogP contribution in [0, 0.1) is 0 Å². The summed E-state index contributed by atoms with van der Waals surface area (Å²) in [6.45, 7) is 7.76. The summed E-state index contributed by atoms with van der Waals surface area (Å²) >= 11 is 0. The van der Waals surface area contributed by atoms with E-state index >= 15 is 0 Å². The van der Waals surface area contributed by atoms with Crippen LogP contribution >= 0.6 is 0 Å². The first-order chi connectivity index (χ1) is 14.8. The first-order valence-electron chi connectivity index (χ1n) is 11.5. The van der Waals surface area contributed by atoms with Gasteiger partial charge in [0.05, 0.1) is 6.61 Å². The lowest BCUT2D eigenvalue weighted by Gasteiger charge is -2.38. The lowest BCUT2D eigenvalue weighted by molar-refractivity contribution is 0.0543. The highest BCUT2D eigenvalue weighted by Crippen LogP contribution is 2.35. The number of hydrogen-bond donors (Lipinski definition) is 1. The van der Waals surface area contributed by atoms with Crippen LogP contribution in [0.2, 0.25) is 0 Å². The molecule has 0 aliphatic carbocycles. The Morgan fingerprint density at radius 1 is 0.933 bits per heavy atom. The molecule has 0 bridgehead atoms. The first kappa shape index (κ1) is 21.3. The number of hydrogen-bond acceptors (Lipinski definition) is 5. The summed E-state index contributed by atoms with van der Waals surface area (Å²) < 4.78 is 11.2. The quantitative estimate of drug-likeness (QED) is 0.717. The predicted octanol–water partition coefficient (Wildman–Crippen LogP) is 3.90. The molecule has 4 rings (SSSR count). The van der Waals surface area contributed by atoms with E-state index in [1.54, 1.807) is 0 Å². The molecule has 0 radical (unpaired) electrons. The lowest BCUT2D eigenvalue weighted by Crippen LogP contribution is -2.40. The highest BCUT2D eigenvalue weighted by atomic mass is 16.5. The van der Waals surface area contributed by atoms with Crippen molar-refractivity contribution in [3.63, 3.8) is 0 Å². The number of rotatable bonds is 8. The second-order valence-corrected chi connectivity index (χ2v) is 8.57. The average Bonchev–Trinajstić information content (AvgIpc) is 3.08. The molecule has 2 fully saturated rings. The van der Waals surface area contributed by atoms with Gasteiger partial charge in [0.2, 0.25) is 0 Å². The van der Waals surface area contributed by atoms with Crippen molar-refractivity contribution in [3.8, 4) is 0 Å². The largest absolute Gasteiger partial charge is 0.381 e. The molecule has 0 unspecified atom stereocenters. The van der Waals surface area contributed by atoms with Crippen LogP contribution < -0.4 is 5.32 Å². The summed E-state index contributed by atoms with van der Waals surface area (Å²) in [4.78, 5) is 6.97. The molecule has 2 aromatic rings. The second kappa shape index (κ2) is 10.9. The molecule has 2 saturated heterocycles. The highest BCUT2D eigenvalue weighted by Gasteiger charge is 2.34. The Labute approximate surface area is 180 Å². The van der Waals surface area contributed by atoms with Gasteiger partial charge >= 0.3 is 0 Å². The lowest BCUT2D eigenvalue weighted by atomic mass is 9.74. The zero-order valence-electron chi connectivity index (χ0n) is 18.0. The SMILES string of the molecule is c1ccc(NCC2(c3ccc(CCCN4CCCOCC4)cc3)CCOCC2)nc1. The van der Waals surface area contributed by atoms with Crippen molar-refractivity contribution in [1.82, 2.24) is 9.88 Å². The molecule has 0 amide bonds. The molecule has 2 aliphatic rings. The third kappa shape index (κ3) is 5.81. The molecule has 30 heavy (non-hydrogen) atoms. The van der Waals surface area contributed by atoms with Gasteiger partial charge in [-0.3, -0.25) is 0 Å². The predicted molar refractivity (Wildman–Crippen MR) is 121 cm³/mol. The fourth-order valence-corrected chi connectivity index (χ4v) is 4.61.